The molecule has 4 atom stereocenters. The van der Waals surface area contributed by atoms with Crippen LogP contribution in [0, 0.1) is 23.3 Å². The number of hydrogen-bond donors (Lipinski definition) is 4. The van der Waals surface area contributed by atoms with Crippen molar-refractivity contribution < 1.29 is 77.3 Å². The number of aliphatic carboxylic acids is 2. The van der Waals surface area contributed by atoms with Gasteiger partial charge in [-0.25, -0.2) is 26.9 Å². The van der Waals surface area contributed by atoms with Gasteiger partial charge in [-0.3, -0.25) is 0 Å². The minimum atomic E-state index is -1.43. The van der Waals surface area contributed by atoms with Crippen molar-refractivity contribution in [3.63, 3.8) is 0 Å². The number of rotatable bonds is 18. The minimum Gasteiger partial charge on any atom is -0.550 e. The number of carboxylic acid groups (broad SMARTS) is 2. The number of carbonyl (C=O) groups excluding carboxylic acids is 2. The van der Waals surface area contributed by atoms with Crippen molar-refractivity contribution in [2.75, 3.05) is 0 Å². The summed E-state index contributed by atoms with van der Waals surface area (Å²) in [5, 5.41) is 84.5. The van der Waals surface area contributed by atoms with E-state index in [0.717, 1.165) is 0 Å². The van der Waals surface area contributed by atoms with Crippen molar-refractivity contribution >= 4 is 34.2 Å². The number of nitrogens with zero attached hydrogens (tertiary/aromatic N) is 8. The number of aliphatic hydroxyl groups excluding tert-OH is 4. The number of carboxylic acids is 2. The summed E-state index contributed by atoms with van der Waals surface area (Å²) in [4.78, 5) is 21.3. The molecule has 4 N–H and O–H groups in total. The molecule has 4 aromatic carbocycles. The normalized spacial score (nSPS) is 12.9. The molecule has 0 aliphatic carbocycles. The SMILES string of the molecule is Cn1nnnc1C(/C=C/[C@@H](O)C[C@@H](O)CC(=O)[O-])=C(c1ccc(F)cc1)c1ccc(F)cc1.Cn1nnnc1C(/C=C/[C@@H](O)C[C@@H](O)CC(=O)[O-])=C(c1ccc(F)cc1)c1ccc(F)cc1.[Zn+2]. The Morgan fingerprint density at radius 1 is 0.537 bits per heavy atom. The summed E-state index contributed by atoms with van der Waals surface area (Å²) in [7, 11) is 3.21. The average Bonchev–Trinajstić information content (AvgIpc) is 3.89. The van der Waals surface area contributed by atoms with E-state index >= 15 is 0 Å². The maximum Gasteiger partial charge on any atom is 2.00 e. The Kier molecular flexibility index (Phi) is 19.8. The van der Waals surface area contributed by atoms with Crippen LogP contribution in [0.3, 0.4) is 0 Å². The van der Waals surface area contributed by atoms with Crippen LogP contribution in [0.15, 0.2) is 121 Å². The van der Waals surface area contributed by atoms with Gasteiger partial charge in [0.25, 0.3) is 0 Å². The topological polar surface area (TPSA) is 248 Å². The molecule has 0 radical (unpaired) electrons. The monoisotopic (exact) mass is 974 g/mol. The third-order valence-electron chi connectivity index (χ3n) is 9.59. The van der Waals surface area contributed by atoms with Gasteiger partial charge in [0.15, 0.2) is 11.6 Å². The second kappa shape index (κ2) is 25.1. The quantitative estimate of drug-likeness (QED) is 0.0550. The number of halogens is 4. The molecule has 2 aromatic heterocycles. The molecule has 0 amide bonds. The Balaban J connectivity index is 0.000000288. The zero-order valence-corrected chi connectivity index (χ0v) is 38.9. The fourth-order valence-corrected chi connectivity index (χ4v) is 6.56. The van der Waals surface area contributed by atoms with Gasteiger partial charge in [0.05, 0.1) is 24.4 Å². The van der Waals surface area contributed by atoms with Gasteiger partial charge in [-0.1, -0.05) is 72.8 Å². The Hall–Kier alpha value is -6.90. The zero-order valence-electron chi connectivity index (χ0n) is 35.9. The van der Waals surface area contributed by atoms with E-state index in [4.69, 9.17) is 0 Å². The van der Waals surface area contributed by atoms with Crippen molar-refractivity contribution in [2.24, 2.45) is 14.1 Å². The van der Waals surface area contributed by atoms with Gasteiger partial charge in [0, 0.05) is 62.9 Å². The fourth-order valence-electron chi connectivity index (χ4n) is 6.56. The first-order chi connectivity index (χ1) is 31.5. The number of tetrazole rings is 2. The molecule has 6 aromatic rings. The Morgan fingerprint density at radius 2 is 0.806 bits per heavy atom. The Morgan fingerprint density at radius 3 is 1.03 bits per heavy atom. The van der Waals surface area contributed by atoms with Crippen LogP contribution < -0.4 is 10.2 Å². The summed E-state index contributed by atoms with van der Waals surface area (Å²) in [6.45, 7) is 0. The van der Waals surface area contributed by atoms with Crippen molar-refractivity contribution in [2.45, 2.75) is 50.1 Å². The van der Waals surface area contributed by atoms with Crippen LogP contribution in [0.1, 0.15) is 59.6 Å². The van der Waals surface area contributed by atoms with Crippen LogP contribution in [-0.4, -0.2) is 97.2 Å². The van der Waals surface area contributed by atoms with E-state index in [0.29, 0.717) is 56.2 Å². The van der Waals surface area contributed by atoms with Crippen LogP contribution in [-0.2, 0) is 43.2 Å². The second-order valence-electron chi connectivity index (χ2n) is 14.6. The summed E-state index contributed by atoms with van der Waals surface area (Å²) in [6.07, 6.45) is -0.946. The third-order valence-corrected chi connectivity index (χ3v) is 9.59. The van der Waals surface area contributed by atoms with E-state index in [1.54, 1.807) is 62.6 Å². The second-order valence-corrected chi connectivity index (χ2v) is 14.6. The summed E-state index contributed by atoms with van der Waals surface area (Å²) in [6, 6.07) is 22.6. The van der Waals surface area contributed by atoms with E-state index in [2.05, 4.69) is 31.1 Å². The van der Waals surface area contributed by atoms with Gasteiger partial charge in [0.1, 0.15) is 23.3 Å². The molecule has 0 unspecified atom stereocenters. The first-order valence-corrected chi connectivity index (χ1v) is 19.9. The van der Waals surface area contributed by atoms with Crippen LogP contribution in [0.2, 0.25) is 0 Å². The number of aromatic nitrogens is 8. The molecule has 2 heterocycles. The van der Waals surface area contributed by atoms with E-state index in [1.165, 1.54) is 82.2 Å². The van der Waals surface area contributed by atoms with Crippen LogP contribution in [0.25, 0.3) is 22.3 Å². The van der Waals surface area contributed by atoms with Crippen molar-refractivity contribution in [1.82, 2.24) is 40.4 Å². The largest absolute Gasteiger partial charge is 2.00 e. The van der Waals surface area contributed by atoms with Gasteiger partial charge in [-0.05, 0) is 103 Å². The van der Waals surface area contributed by atoms with Crippen molar-refractivity contribution in [3.05, 3.63) is 179 Å². The molecule has 21 heteroatoms. The van der Waals surface area contributed by atoms with E-state index in [1.807, 2.05) is 0 Å². The number of carbonyl (C=O) groups is 2. The molecule has 6 rings (SSSR count). The van der Waals surface area contributed by atoms with Crippen molar-refractivity contribution in [1.29, 1.82) is 0 Å². The third kappa shape index (κ3) is 15.6. The molecule has 0 spiro atoms. The molecule has 0 aliphatic heterocycles. The van der Waals surface area contributed by atoms with Gasteiger partial charge >= 0.3 is 19.5 Å². The number of aliphatic hydroxyl groups is 4. The minimum absolute atomic E-state index is 0. The standard InChI is InChI=1S/2C23H22F2N4O4.Zn/c2*1-29-23(26-27-28-29)20(11-10-18(30)12-19(31)13-21(32)33)22(14-2-6-16(24)7-3-14)15-4-8-17(25)9-5-15;/h2*2-11,18-19,30-31H,12-13H2,1H3,(H,32,33);/q;;+2/p-2/b2*11-10+;/t2*18-,19-;/m11./s1. The van der Waals surface area contributed by atoms with Gasteiger partial charge < -0.3 is 40.2 Å². The Bertz CT molecular complexity index is 2410. The van der Waals surface area contributed by atoms with Gasteiger partial charge in [-0.2, -0.15) is 0 Å². The maximum absolute atomic E-state index is 13.6. The van der Waals surface area contributed by atoms with Gasteiger partial charge in [0.2, 0.25) is 0 Å². The van der Waals surface area contributed by atoms with Crippen LogP contribution in [0.4, 0.5) is 17.6 Å². The van der Waals surface area contributed by atoms with E-state index in [-0.39, 0.29) is 32.3 Å². The summed E-state index contributed by atoms with van der Waals surface area (Å²) in [5.41, 5.74) is 4.24. The zero-order chi connectivity index (χ0) is 47.9. The number of benzene rings is 4. The van der Waals surface area contributed by atoms with Crippen molar-refractivity contribution in [3.8, 4) is 0 Å². The van der Waals surface area contributed by atoms with Gasteiger partial charge in [-0.15, -0.1) is 10.2 Å². The summed E-state index contributed by atoms with van der Waals surface area (Å²) in [5.74, 6) is -4.01. The Labute approximate surface area is 393 Å². The molecule has 0 saturated carbocycles. The molecule has 67 heavy (non-hydrogen) atoms. The first kappa shape index (κ1) is 52.7. The summed E-state index contributed by atoms with van der Waals surface area (Å²) >= 11 is 0. The predicted octanol–water partition coefficient (Wildman–Crippen LogP) is 2.51. The van der Waals surface area contributed by atoms with Crippen LogP contribution >= 0.6 is 0 Å². The molecule has 0 bridgehead atoms. The van der Waals surface area contributed by atoms with E-state index in [9.17, 15) is 57.8 Å². The molecular formula is C46H42F4N8O8Zn. The average molecular weight is 976 g/mol. The maximum atomic E-state index is 13.6. The molecule has 16 nitrogen and oxygen atoms in total. The predicted molar refractivity (Wildman–Crippen MR) is 226 cm³/mol. The van der Waals surface area contributed by atoms with E-state index < -0.39 is 72.5 Å². The number of hydrogen-bond acceptors (Lipinski definition) is 14. The molecule has 0 fully saturated rings. The summed E-state index contributed by atoms with van der Waals surface area (Å²) < 4.78 is 57.1. The fraction of sp³-hybridized carbons (Fsp3) is 0.217. The number of allylic oxidation sites excluding steroid dienone is 4. The smallest absolute Gasteiger partial charge is 0.550 e. The van der Waals surface area contributed by atoms with Crippen LogP contribution in [0.5, 0.6) is 0 Å². The molecule has 0 saturated heterocycles. The molecular weight excluding hydrogens is 934 g/mol. The molecule has 0 aliphatic rings. The number of aryl methyl sites for hydroxylation is 2. The first-order valence-electron chi connectivity index (χ1n) is 19.9. The molecule has 344 valence electrons.